The molecule has 0 unspecified atom stereocenters. The first-order valence-electron chi connectivity index (χ1n) is 9.71. The number of hydrogen-bond donors (Lipinski definition) is 1. The van der Waals surface area contributed by atoms with Crippen LogP contribution in [-0.4, -0.2) is 30.2 Å². The smallest absolute Gasteiger partial charge is 0.371 e. The second-order valence-electron chi connectivity index (χ2n) is 8.10. The van der Waals surface area contributed by atoms with Crippen LogP contribution >= 0.6 is 11.9 Å². The third kappa shape index (κ3) is 2.83. The summed E-state index contributed by atoms with van der Waals surface area (Å²) in [6.45, 7) is 5.09. The molecule has 32 heavy (non-hydrogen) atoms. The molecule has 5 rings (SSSR count). The maximum Gasteiger partial charge on any atom is 0.419 e. The maximum atomic E-state index is 15.5. The van der Waals surface area contributed by atoms with Crippen LogP contribution in [0.4, 0.5) is 23.2 Å². The summed E-state index contributed by atoms with van der Waals surface area (Å²) in [7, 11) is 0. The summed E-state index contributed by atoms with van der Waals surface area (Å²) in [6.07, 6.45) is -1.60. The molecule has 0 radical (unpaired) electrons. The van der Waals surface area contributed by atoms with Gasteiger partial charge in [0.25, 0.3) is 0 Å². The first-order valence-corrected chi connectivity index (χ1v) is 10.9. The minimum atomic E-state index is -4.85. The van der Waals surface area contributed by atoms with E-state index in [9.17, 15) is 13.2 Å². The van der Waals surface area contributed by atoms with Crippen molar-refractivity contribution in [1.82, 2.24) is 24.0 Å². The molecule has 2 aromatic carbocycles. The van der Waals surface area contributed by atoms with E-state index in [4.69, 9.17) is 0 Å². The number of halogens is 4. The molecule has 11 heteroatoms. The number of benzene rings is 2. The number of alkyl halides is 3. The van der Waals surface area contributed by atoms with Gasteiger partial charge in [0.05, 0.1) is 34.2 Å². The van der Waals surface area contributed by atoms with Crippen molar-refractivity contribution in [2.24, 2.45) is 0 Å². The van der Waals surface area contributed by atoms with Crippen LogP contribution in [0.3, 0.4) is 0 Å². The normalized spacial score (nSPS) is 14.9. The van der Waals surface area contributed by atoms with Gasteiger partial charge in [-0.15, -0.1) is 10.2 Å². The molecule has 166 valence electrons. The standard InChI is InChI=1S/C21H18F4N6S/c1-10-28-29-19-20(2,3)27-14-8-13(22)16(17(21(23,24)25)18(14)30(10)19)11-6-5-7-15-12(11)9-26-31(15)32-4/h5-9,27H,1-4H3. The molecular weight excluding hydrogens is 444 g/mol. The van der Waals surface area contributed by atoms with Gasteiger partial charge < -0.3 is 5.32 Å². The Bertz CT molecular complexity index is 1390. The highest BCUT2D eigenvalue weighted by Gasteiger charge is 2.45. The zero-order valence-corrected chi connectivity index (χ0v) is 18.4. The highest BCUT2D eigenvalue weighted by molar-refractivity contribution is 7.97. The van der Waals surface area contributed by atoms with Crippen molar-refractivity contribution in [3.63, 3.8) is 0 Å². The van der Waals surface area contributed by atoms with E-state index in [2.05, 4.69) is 20.6 Å². The highest BCUT2D eigenvalue weighted by atomic mass is 32.2. The van der Waals surface area contributed by atoms with E-state index in [1.165, 1.54) is 28.8 Å². The molecule has 1 aliphatic heterocycles. The van der Waals surface area contributed by atoms with Crippen molar-refractivity contribution >= 4 is 28.5 Å². The lowest BCUT2D eigenvalue weighted by Crippen LogP contribution is -2.37. The number of nitrogens with zero attached hydrogens (tertiary/aromatic N) is 5. The average molecular weight is 462 g/mol. The van der Waals surface area contributed by atoms with Crippen LogP contribution in [0, 0.1) is 12.7 Å². The minimum absolute atomic E-state index is 0.0333. The molecule has 2 aromatic heterocycles. The van der Waals surface area contributed by atoms with Crippen LogP contribution in [0.5, 0.6) is 0 Å². The zero-order valence-electron chi connectivity index (χ0n) is 17.5. The van der Waals surface area contributed by atoms with Gasteiger partial charge in [-0.3, -0.25) is 4.57 Å². The van der Waals surface area contributed by atoms with Gasteiger partial charge in [0.15, 0.2) is 5.82 Å². The van der Waals surface area contributed by atoms with Gasteiger partial charge in [-0.2, -0.15) is 18.3 Å². The summed E-state index contributed by atoms with van der Waals surface area (Å²) < 4.78 is 62.3. The highest BCUT2D eigenvalue weighted by Crippen LogP contribution is 2.50. The van der Waals surface area contributed by atoms with Crippen molar-refractivity contribution in [2.45, 2.75) is 32.5 Å². The molecule has 0 atom stereocenters. The van der Waals surface area contributed by atoms with Gasteiger partial charge >= 0.3 is 6.18 Å². The van der Waals surface area contributed by atoms with E-state index in [0.29, 0.717) is 16.7 Å². The number of fused-ring (bicyclic) bond motifs is 4. The molecule has 0 bridgehead atoms. The second-order valence-corrected chi connectivity index (χ2v) is 8.81. The fourth-order valence-electron chi connectivity index (χ4n) is 4.33. The lowest BCUT2D eigenvalue weighted by molar-refractivity contribution is -0.137. The number of anilines is 1. The summed E-state index contributed by atoms with van der Waals surface area (Å²) in [5.41, 5.74) is -1.91. The van der Waals surface area contributed by atoms with Gasteiger partial charge in [-0.1, -0.05) is 12.1 Å². The Labute approximate surface area is 184 Å². The third-order valence-corrected chi connectivity index (χ3v) is 6.25. The van der Waals surface area contributed by atoms with Crippen molar-refractivity contribution < 1.29 is 17.6 Å². The molecule has 0 fully saturated rings. The largest absolute Gasteiger partial charge is 0.419 e. The molecule has 3 heterocycles. The van der Waals surface area contributed by atoms with Gasteiger partial charge in [-0.05, 0) is 50.4 Å². The molecule has 0 amide bonds. The molecule has 4 aromatic rings. The Hall–Kier alpha value is -3.08. The molecule has 1 N–H and O–H groups in total. The Morgan fingerprint density at radius 2 is 1.91 bits per heavy atom. The quantitative estimate of drug-likeness (QED) is 0.397. The second kappa shape index (κ2) is 6.71. The van der Waals surface area contributed by atoms with Crippen molar-refractivity contribution in [3.05, 3.63) is 53.5 Å². The minimum Gasteiger partial charge on any atom is -0.371 e. The van der Waals surface area contributed by atoms with Gasteiger partial charge in [0.1, 0.15) is 11.6 Å². The molecule has 1 aliphatic rings. The van der Waals surface area contributed by atoms with Crippen molar-refractivity contribution in [1.29, 1.82) is 0 Å². The first-order chi connectivity index (χ1) is 15.0. The topological polar surface area (TPSA) is 60.6 Å². The van der Waals surface area contributed by atoms with Crippen LogP contribution in [0.1, 0.15) is 31.1 Å². The maximum absolute atomic E-state index is 15.5. The van der Waals surface area contributed by atoms with E-state index >= 15 is 4.39 Å². The average Bonchev–Trinajstić information content (AvgIpc) is 3.30. The number of nitrogens with one attached hydrogen (secondary N) is 1. The fraction of sp³-hybridized carbons (Fsp3) is 0.286. The predicted octanol–water partition coefficient (Wildman–Crippen LogP) is 5.54. The summed E-state index contributed by atoms with van der Waals surface area (Å²) >= 11 is 1.30. The van der Waals surface area contributed by atoms with Crippen LogP contribution in [0.25, 0.3) is 27.7 Å². The molecule has 0 saturated heterocycles. The third-order valence-electron chi connectivity index (χ3n) is 5.61. The molecular formula is C21H18F4N6S. The van der Waals surface area contributed by atoms with E-state index in [-0.39, 0.29) is 22.8 Å². The Morgan fingerprint density at radius 3 is 2.59 bits per heavy atom. The van der Waals surface area contributed by atoms with E-state index in [1.807, 2.05) is 0 Å². The summed E-state index contributed by atoms with van der Waals surface area (Å²) in [5.74, 6) is -0.371. The van der Waals surface area contributed by atoms with Gasteiger partial charge in [-0.25, -0.2) is 8.48 Å². The summed E-state index contributed by atoms with van der Waals surface area (Å²) in [5, 5.41) is 15.7. The van der Waals surface area contributed by atoms with Crippen LogP contribution in [0.2, 0.25) is 0 Å². The van der Waals surface area contributed by atoms with Crippen LogP contribution in [-0.2, 0) is 11.7 Å². The van der Waals surface area contributed by atoms with E-state index in [0.717, 1.165) is 6.07 Å². The Morgan fingerprint density at radius 1 is 1.16 bits per heavy atom. The van der Waals surface area contributed by atoms with Crippen LogP contribution < -0.4 is 5.32 Å². The Balaban J connectivity index is 1.93. The molecule has 0 aliphatic carbocycles. The lowest BCUT2D eigenvalue weighted by Gasteiger charge is -2.36. The molecule has 0 saturated carbocycles. The predicted molar refractivity (Wildman–Crippen MR) is 115 cm³/mol. The number of aromatic nitrogens is 5. The monoisotopic (exact) mass is 462 g/mol. The Kier molecular flexibility index (Phi) is 4.36. The first kappa shape index (κ1) is 20.8. The number of aryl methyl sites for hydroxylation is 1. The van der Waals surface area contributed by atoms with Crippen LogP contribution in [0.15, 0.2) is 30.5 Å². The van der Waals surface area contributed by atoms with Gasteiger partial charge in [0, 0.05) is 17.2 Å². The SMILES string of the molecule is CSn1ncc2c(-c3c(F)cc4c(c3C(F)(F)F)-n3c(C)nnc3C(C)(C)N4)cccc21. The van der Waals surface area contributed by atoms with Gasteiger partial charge in [0.2, 0.25) is 0 Å². The molecule has 6 nitrogen and oxygen atoms in total. The fourth-order valence-corrected chi connectivity index (χ4v) is 4.82. The summed E-state index contributed by atoms with van der Waals surface area (Å²) in [4.78, 5) is 0. The van der Waals surface area contributed by atoms with Crippen molar-refractivity contribution in [3.8, 4) is 16.8 Å². The van der Waals surface area contributed by atoms with E-state index in [1.54, 1.807) is 43.2 Å². The zero-order chi connectivity index (χ0) is 23.0. The lowest BCUT2D eigenvalue weighted by atomic mass is 9.91. The van der Waals surface area contributed by atoms with Crippen molar-refractivity contribution in [2.75, 3.05) is 11.6 Å². The molecule has 0 spiro atoms. The number of hydrogen-bond acceptors (Lipinski definition) is 5. The summed E-state index contributed by atoms with van der Waals surface area (Å²) in [6, 6.07) is 5.93. The number of rotatable bonds is 2. The van der Waals surface area contributed by atoms with E-state index < -0.39 is 28.7 Å².